The zero-order chi connectivity index (χ0) is 19.3. The molecule has 0 aliphatic carbocycles. The number of aryl methyl sites for hydroxylation is 1. The number of unbranched alkanes of at least 4 members (excludes halogenated alkanes) is 2. The van der Waals surface area contributed by atoms with Crippen LogP contribution in [0, 0.1) is 0 Å². The van der Waals surface area contributed by atoms with E-state index < -0.39 is 0 Å². The van der Waals surface area contributed by atoms with Crippen LogP contribution in [0.5, 0.6) is 0 Å². The molecule has 7 nitrogen and oxygen atoms in total. The van der Waals surface area contributed by atoms with E-state index in [4.69, 9.17) is 4.42 Å². The summed E-state index contributed by atoms with van der Waals surface area (Å²) in [5.41, 5.74) is 1.66. The van der Waals surface area contributed by atoms with Gasteiger partial charge in [-0.3, -0.25) is 5.32 Å². The number of benzene rings is 1. The molecule has 2 amide bonds. The fraction of sp³-hybridized carbons (Fsp3) is 0.500. The Labute approximate surface area is 168 Å². The summed E-state index contributed by atoms with van der Waals surface area (Å²) in [7, 11) is 0. The van der Waals surface area contributed by atoms with Crippen molar-refractivity contribution in [1.29, 1.82) is 0 Å². The number of anilines is 1. The molecule has 8 heteroatoms. The molecule has 0 radical (unpaired) electrons. The molecule has 3 aromatic rings. The molecule has 0 bridgehead atoms. The van der Waals surface area contributed by atoms with Crippen molar-refractivity contribution in [1.82, 2.24) is 20.1 Å². The Kier molecular flexibility index (Phi) is 5.85. The maximum Gasteiger partial charge on any atom is 0.323 e. The van der Waals surface area contributed by atoms with Crippen LogP contribution in [-0.4, -0.2) is 39.2 Å². The van der Waals surface area contributed by atoms with Crippen LogP contribution >= 0.6 is 11.3 Å². The molecule has 2 aromatic heterocycles. The van der Waals surface area contributed by atoms with Gasteiger partial charge in [-0.05, 0) is 31.4 Å². The number of amides is 2. The average Bonchev–Trinajstić information content (AvgIpc) is 3.35. The minimum absolute atomic E-state index is 0.117. The van der Waals surface area contributed by atoms with Crippen LogP contribution in [-0.2, 0) is 6.42 Å². The van der Waals surface area contributed by atoms with E-state index in [1.54, 1.807) is 0 Å². The van der Waals surface area contributed by atoms with Crippen molar-refractivity contribution in [3.8, 4) is 0 Å². The van der Waals surface area contributed by atoms with Gasteiger partial charge in [-0.2, -0.15) is 0 Å². The summed E-state index contributed by atoms with van der Waals surface area (Å²) in [6.45, 7) is 3.50. The minimum Gasteiger partial charge on any atom is -0.440 e. The lowest BCUT2D eigenvalue weighted by molar-refractivity contribution is 0.187. The van der Waals surface area contributed by atoms with Gasteiger partial charge >= 0.3 is 6.03 Å². The molecule has 1 saturated heterocycles. The number of hydrogen-bond donors (Lipinski definition) is 1. The molecule has 3 heterocycles. The molecule has 4 rings (SSSR count). The Morgan fingerprint density at radius 2 is 2.21 bits per heavy atom. The van der Waals surface area contributed by atoms with Gasteiger partial charge in [0, 0.05) is 19.5 Å². The lowest BCUT2D eigenvalue weighted by Gasteiger charge is -2.30. The summed E-state index contributed by atoms with van der Waals surface area (Å²) in [5.74, 6) is 0.832. The van der Waals surface area contributed by atoms with Crippen molar-refractivity contribution in [3.05, 3.63) is 35.2 Å². The first-order valence-corrected chi connectivity index (χ1v) is 10.8. The second-order valence-corrected chi connectivity index (χ2v) is 8.26. The van der Waals surface area contributed by atoms with E-state index in [2.05, 4.69) is 27.4 Å². The third kappa shape index (κ3) is 4.32. The van der Waals surface area contributed by atoms with E-state index in [1.165, 1.54) is 24.2 Å². The molecular formula is C20H25N5O2S. The number of carbonyl (C=O) groups is 1. The maximum atomic E-state index is 12.7. The summed E-state index contributed by atoms with van der Waals surface area (Å²) in [4.78, 5) is 19.1. The molecule has 1 aliphatic rings. The van der Waals surface area contributed by atoms with Crippen molar-refractivity contribution >= 4 is 33.6 Å². The number of urea groups is 1. The van der Waals surface area contributed by atoms with Gasteiger partial charge in [-0.1, -0.05) is 43.2 Å². The van der Waals surface area contributed by atoms with Gasteiger partial charge in [-0.25, -0.2) is 9.78 Å². The Balaban J connectivity index is 1.36. The number of fused-ring (bicyclic) bond motifs is 1. The quantitative estimate of drug-likeness (QED) is 0.601. The molecule has 1 aromatic carbocycles. The van der Waals surface area contributed by atoms with Crippen LogP contribution in [0.4, 0.5) is 9.93 Å². The molecule has 0 saturated carbocycles. The summed E-state index contributed by atoms with van der Waals surface area (Å²) in [5, 5.41) is 12.7. The van der Waals surface area contributed by atoms with Crippen LogP contribution < -0.4 is 5.32 Å². The Hall–Kier alpha value is -2.48. The van der Waals surface area contributed by atoms with E-state index >= 15 is 0 Å². The lowest BCUT2D eigenvalue weighted by Crippen LogP contribution is -2.41. The number of rotatable bonds is 6. The van der Waals surface area contributed by atoms with E-state index in [9.17, 15) is 4.79 Å². The van der Waals surface area contributed by atoms with Crippen molar-refractivity contribution < 1.29 is 9.21 Å². The number of likely N-dealkylation sites (tertiary alicyclic amines) is 1. The molecule has 1 aliphatic heterocycles. The fourth-order valence-electron chi connectivity index (χ4n) is 3.53. The predicted octanol–water partition coefficient (Wildman–Crippen LogP) is 4.82. The molecule has 1 atom stereocenters. The summed E-state index contributed by atoms with van der Waals surface area (Å²) >= 11 is 1.46. The van der Waals surface area contributed by atoms with Crippen LogP contribution in [0.2, 0.25) is 0 Å². The van der Waals surface area contributed by atoms with Gasteiger partial charge in [0.05, 0.1) is 5.92 Å². The summed E-state index contributed by atoms with van der Waals surface area (Å²) < 4.78 is 5.91. The third-order valence-corrected chi connectivity index (χ3v) is 5.94. The van der Waals surface area contributed by atoms with Gasteiger partial charge in [0.25, 0.3) is 0 Å². The monoisotopic (exact) mass is 399 g/mol. The summed E-state index contributed by atoms with van der Waals surface area (Å²) in [6, 6.07) is 7.64. The number of carbonyl (C=O) groups excluding carboxylic acids is 1. The van der Waals surface area contributed by atoms with Crippen molar-refractivity contribution in [2.24, 2.45) is 0 Å². The standard InChI is InChI=1S/C20H25N5O2S/c1-2-3-4-11-17-23-24-19(28-17)22-20(26)25-12-7-8-14(13-25)18-21-15-9-5-6-10-16(15)27-18/h5-6,9-10,14H,2-4,7-8,11-13H2,1H3,(H,22,24,26). The van der Waals surface area contributed by atoms with Crippen molar-refractivity contribution in [3.63, 3.8) is 0 Å². The highest BCUT2D eigenvalue weighted by atomic mass is 32.1. The van der Waals surface area contributed by atoms with E-state index in [1.807, 2.05) is 29.2 Å². The second kappa shape index (κ2) is 8.68. The molecule has 1 N–H and O–H groups in total. The highest BCUT2D eigenvalue weighted by molar-refractivity contribution is 7.15. The topological polar surface area (TPSA) is 84.2 Å². The van der Waals surface area contributed by atoms with Gasteiger partial charge < -0.3 is 9.32 Å². The Morgan fingerprint density at radius 3 is 3.07 bits per heavy atom. The first-order chi connectivity index (χ1) is 13.7. The van der Waals surface area contributed by atoms with Gasteiger partial charge in [0.2, 0.25) is 5.13 Å². The number of nitrogens with zero attached hydrogens (tertiary/aromatic N) is 4. The number of aromatic nitrogens is 3. The molecule has 28 heavy (non-hydrogen) atoms. The number of para-hydroxylation sites is 2. The van der Waals surface area contributed by atoms with Crippen LogP contribution in [0.3, 0.4) is 0 Å². The van der Waals surface area contributed by atoms with Crippen molar-refractivity contribution in [2.45, 2.75) is 51.4 Å². The molecule has 148 valence electrons. The second-order valence-electron chi connectivity index (χ2n) is 7.19. The fourth-order valence-corrected chi connectivity index (χ4v) is 4.30. The molecular weight excluding hydrogens is 374 g/mol. The maximum absolute atomic E-state index is 12.7. The molecule has 1 fully saturated rings. The first kappa shape index (κ1) is 18.9. The SMILES string of the molecule is CCCCCc1nnc(NC(=O)N2CCCC(c3nc4ccccc4o3)C2)s1. The zero-order valence-corrected chi connectivity index (χ0v) is 16.9. The van der Waals surface area contributed by atoms with Crippen LogP contribution in [0.15, 0.2) is 28.7 Å². The van der Waals surface area contributed by atoms with Crippen molar-refractivity contribution in [2.75, 3.05) is 18.4 Å². The number of nitrogens with one attached hydrogen (secondary N) is 1. The number of oxazole rings is 1. The minimum atomic E-state index is -0.128. The Morgan fingerprint density at radius 1 is 1.32 bits per heavy atom. The molecule has 1 unspecified atom stereocenters. The normalized spacial score (nSPS) is 17.2. The largest absolute Gasteiger partial charge is 0.440 e. The smallest absolute Gasteiger partial charge is 0.323 e. The van der Waals surface area contributed by atoms with Crippen LogP contribution in [0.25, 0.3) is 11.1 Å². The summed E-state index contributed by atoms with van der Waals surface area (Å²) in [6.07, 6.45) is 6.29. The van der Waals surface area contributed by atoms with Gasteiger partial charge in [-0.15, -0.1) is 10.2 Å². The van der Waals surface area contributed by atoms with E-state index in [0.717, 1.165) is 48.3 Å². The number of hydrogen-bond acceptors (Lipinski definition) is 6. The average molecular weight is 400 g/mol. The first-order valence-electron chi connectivity index (χ1n) is 9.96. The number of piperidine rings is 1. The highest BCUT2D eigenvalue weighted by Crippen LogP contribution is 2.29. The third-order valence-electron chi connectivity index (χ3n) is 5.04. The van der Waals surface area contributed by atoms with E-state index in [-0.39, 0.29) is 11.9 Å². The van der Waals surface area contributed by atoms with Gasteiger partial charge in [0.15, 0.2) is 11.5 Å². The highest BCUT2D eigenvalue weighted by Gasteiger charge is 2.28. The van der Waals surface area contributed by atoms with Gasteiger partial charge in [0.1, 0.15) is 10.5 Å². The lowest BCUT2D eigenvalue weighted by atomic mass is 9.98. The van der Waals surface area contributed by atoms with Crippen LogP contribution in [0.1, 0.15) is 55.8 Å². The Bertz CT molecular complexity index is 904. The zero-order valence-electron chi connectivity index (χ0n) is 16.1. The van der Waals surface area contributed by atoms with E-state index in [0.29, 0.717) is 17.6 Å². The molecule has 0 spiro atoms. The predicted molar refractivity (Wildman–Crippen MR) is 110 cm³/mol.